The molecule has 0 bridgehead atoms. The topological polar surface area (TPSA) is 43.2 Å². The van der Waals surface area contributed by atoms with E-state index in [4.69, 9.17) is 0 Å². The first-order valence-electron chi connectivity index (χ1n) is 13.2. The van der Waals surface area contributed by atoms with Gasteiger partial charge in [0.1, 0.15) is 6.07 Å². The van der Waals surface area contributed by atoms with E-state index in [1.807, 2.05) is 24.3 Å². The molecular formula is C36H24N4. The van der Waals surface area contributed by atoms with E-state index >= 15 is 0 Å². The third-order valence-electron chi connectivity index (χ3n) is 7.32. The molecule has 5 aromatic carbocycles. The number of nitrogens with zero attached hydrogens (tertiary/aromatic N) is 4. The summed E-state index contributed by atoms with van der Waals surface area (Å²) in [7, 11) is 0. The van der Waals surface area contributed by atoms with E-state index in [0.717, 1.165) is 56.4 Å². The molecule has 40 heavy (non-hydrogen) atoms. The zero-order chi connectivity index (χ0) is 26.9. The molecule has 1 aliphatic heterocycles. The SMILES string of the molecule is N#Cc1cnccc1-c1ccccc1-c1cccc(N2c3ccccc3N(c3ccccc3)c3ccccc32)c1. The van der Waals surface area contributed by atoms with Gasteiger partial charge in [0.2, 0.25) is 0 Å². The van der Waals surface area contributed by atoms with Gasteiger partial charge < -0.3 is 9.80 Å². The molecule has 0 atom stereocenters. The minimum atomic E-state index is 0.561. The quantitative estimate of drug-likeness (QED) is 0.235. The second-order valence-electron chi connectivity index (χ2n) is 9.61. The third kappa shape index (κ3) is 3.89. The van der Waals surface area contributed by atoms with Crippen LogP contribution >= 0.6 is 0 Å². The van der Waals surface area contributed by atoms with Crippen molar-refractivity contribution in [3.05, 3.63) is 151 Å². The Bertz CT molecular complexity index is 1840. The zero-order valence-corrected chi connectivity index (χ0v) is 21.6. The van der Waals surface area contributed by atoms with Crippen molar-refractivity contribution in [2.45, 2.75) is 0 Å². The van der Waals surface area contributed by atoms with Gasteiger partial charge in [0.15, 0.2) is 0 Å². The summed E-state index contributed by atoms with van der Waals surface area (Å²) in [6.07, 6.45) is 3.37. The van der Waals surface area contributed by atoms with Crippen molar-refractivity contribution in [3.8, 4) is 28.3 Å². The maximum atomic E-state index is 9.74. The van der Waals surface area contributed by atoms with E-state index in [2.05, 4.69) is 130 Å². The summed E-state index contributed by atoms with van der Waals surface area (Å²) in [6, 6.07) is 48.7. The monoisotopic (exact) mass is 512 g/mol. The maximum absolute atomic E-state index is 9.74. The fourth-order valence-corrected chi connectivity index (χ4v) is 5.58. The molecule has 0 unspecified atom stereocenters. The Morgan fingerprint density at radius 3 is 1.70 bits per heavy atom. The molecule has 0 aliphatic carbocycles. The summed E-state index contributed by atoms with van der Waals surface area (Å²) < 4.78 is 0. The summed E-state index contributed by atoms with van der Waals surface area (Å²) in [5.41, 5.74) is 11.2. The summed E-state index contributed by atoms with van der Waals surface area (Å²) in [5.74, 6) is 0. The fraction of sp³-hybridized carbons (Fsp3) is 0. The van der Waals surface area contributed by atoms with Gasteiger partial charge in [-0.05, 0) is 71.3 Å². The van der Waals surface area contributed by atoms with Crippen molar-refractivity contribution in [1.82, 2.24) is 4.98 Å². The lowest BCUT2D eigenvalue weighted by atomic mass is 9.92. The standard InChI is InChI=1S/C36H24N4/c37-24-27-25-38-22-21-31(27)32-16-5-4-15-30(32)26-11-10-14-29(23-26)40-35-19-8-6-17-33(35)39(28-12-2-1-3-13-28)34-18-7-9-20-36(34)40/h1-23,25H. The summed E-state index contributed by atoms with van der Waals surface area (Å²) >= 11 is 0. The Hall–Kier alpha value is -5.66. The highest BCUT2D eigenvalue weighted by Gasteiger charge is 2.30. The number of para-hydroxylation sites is 5. The van der Waals surface area contributed by atoms with E-state index in [0.29, 0.717) is 5.56 Å². The number of benzene rings is 5. The van der Waals surface area contributed by atoms with Crippen molar-refractivity contribution < 1.29 is 0 Å². The van der Waals surface area contributed by atoms with Crippen molar-refractivity contribution in [1.29, 1.82) is 5.26 Å². The molecule has 7 rings (SSSR count). The van der Waals surface area contributed by atoms with Crippen LogP contribution in [0.1, 0.15) is 5.56 Å². The summed E-state index contributed by atoms with van der Waals surface area (Å²) in [4.78, 5) is 8.82. The van der Waals surface area contributed by atoms with Gasteiger partial charge in [-0.3, -0.25) is 4.98 Å². The van der Waals surface area contributed by atoms with Crippen LogP contribution in [0, 0.1) is 11.3 Å². The van der Waals surface area contributed by atoms with Crippen LogP contribution < -0.4 is 9.80 Å². The second-order valence-corrected chi connectivity index (χ2v) is 9.61. The Morgan fingerprint density at radius 1 is 0.500 bits per heavy atom. The van der Waals surface area contributed by atoms with Crippen LogP contribution in [-0.2, 0) is 0 Å². The molecular weight excluding hydrogens is 488 g/mol. The van der Waals surface area contributed by atoms with E-state index in [1.54, 1.807) is 12.4 Å². The number of anilines is 6. The highest BCUT2D eigenvalue weighted by molar-refractivity contribution is 6.02. The number of fused-ring (bicyclic) bond motifs is 2. The molecule has 4 nitrogen and oxygen atoms in total. The van der Waals surface area contributed by atoms with Gasteiger partial charge in [0, 0.05) is 29.3 Å². The van der Waals surface area contributed by atoms with Crippen LogP contribution in [0.4, 0.5) is 34.1 Å². The lowest BCUT2D eigenvalue weighted by molar-refractivity contribution is 1.17. The second kappa shape index (κ2) is 9.90. The Labute approximate surface area is 233 Å². The van der Waals surface area contributed by atoms with Gasteiger partial charge in [-0.1, -0.05) is 78.9 Å². The lowest BCUT2D eigenvalue weighted by Gasteiger charge is -2.40. The molecule has 0 N–H and O–H groups in total. The van der Waals surface area contributed by atoms with Gasteiger partial charge in [-0.15, -0.1) is 0 Å². The Balaban J connectivity index is 1.40. The highest BCUT2D eigenvalue weighted by atomic mass is 15.3. The average Bonchev–Trinajstić information content (AvgIpc) is 3.04. The molecule has 188 valence electrons. The number of rotatable bonds is 4. The van der Waals surface area contributed by atoms with Crippen molar-refractivity contribution in [3.63, 3.8) is 0 Å². The molecule has 0 fully saturated rings. The van der Waals surface area contributed by atoms with E-state index in [-0.39, 0.29) is 0 Å². The molecule has 2 heterocycles. The first kappa shape index (κ1) is 23.5. The zero-order valence-electron chi connectivity index (χ0n) is 21.6. The molecule has 0 saturated heterocycles. The number of hydrogen-bond donors (Lipinski definition) is 0. The van der Waals surface area contributed by atoms with Crippen molar-refractivity contribution in [2.24, 2.45) is 0 Å². The van der Waals surface area contributed by atoms with Crippen LogP contribution in [0.5, 0.6) is 0 Å². The van der Waals surface area contributed by atoms with Gasteiger partial charge >= 0.3 is 0 Å². The van der Waals surface area contributed by atoms with Crippen LogP contribution in [-0.4, -0.2) is 4.98 Å². The number of hydrogen-bond acceptors (Lipinski definition) is 4. The van der Waals surface area contributed by atoms with Crippen LogP contribution in [0.15, 0.2) is 146 Å². The molecule has 0 radical (unpaired) electrons. The number of aromatic nitrogens is 1. The molecule has 0 amide bonds. The molecule has 1 aromatic heterocycles. The molecule has 0 spiro atoms. The summed E-state index contributed by atoms with van der Waals surface area (Å²) in [5, 5.41) is 9.74. The smallest absolute Gasteiger partial charge is 0.101 e. The minimum absolute atomic E-state index is 0.561. The van der Waals surface area contributed by atoms with E-state index in [9.17, 15) is 5.26 Å². The minimum Gasteiger partial charge on any atom is -0.306 e. The van der Waals surface area contributed by atoms with Gasteiger partial charge in [0.05, 0.1) is 28.3 Å². The highest BCUT2D eigenvalue weighted by Crippen LogP contribution is 2.54. The van der Waals surface area contributed by atoms with Crippen molar-refractivity contribution in [2.75, 3.05) is 9.80 Å². The van der Waals surface area contributed by atoms with Crippen LogP contribution in [0.2, 0.25) is 0 Å². The predicted octanol–water partition coefficient (Wildman–Crippen LogP) is 9.54. The first-order chi connectivity index (χ1) is 19.8. The molecule has 1 aliphatic rings. The van der Waals surface area contributed by atoms with Gasteiger partial charge in [-0.25, -0.2) is 0 Å². The van der Waals surface area contributed by atoms with Crippen LogP contribution in [0.3, 0.4) is 0 Å². The average molecular weight is 513 g/mol. The number of pyridine rings is 1. The van der Waals surface area contributed by atoms with Gasteiger partial charge in [0.25, 0.3) is 0 Å². The largest absolute Gasteiger partial charge is 0.306 e. The third-order valence-corrected chi connectivity index (χ3v) is 7.32. The Morgan fingerprint density at radius 2 is 1.05 bits per heavy atom. The fourth-order valence-electron chi connectivity index (χ4n) is 5.58. The summed E-state index contributed by atoms with van der Waals surface area (Å²) in [6.45, 7) is 0. The predicted molar refractivity (Wildman–Crippen MR) is 163 cm³/mol. The first-order valence-corrected chi connectivity index (χ1v) is 13.2. The Kier molecular flexibility index (Phi) is 5.81. The van der Waals surface area contributed by atoms with E-state index in [1.165, 1.54) is 0 Å². The normalized spacial score (nSPS) is 11.9. The van der Waals surface area contributed by atoms with Crippen molar-refractivity contribution >= 4 is 34.1 Å². The van der Waals surface area contributed by atoms with Gasteiger partial charge in [-0.2, -0.15) is 5.26 Å². The molecule has 4 heteroatoms. The van der Waals surface area contributed by atoms with E-state index < -0.39 is 0 Å². The molecule has 0 saturated carbocycles. The number of nitriles is 1. The lowest BCUT2D eigenvalue weighted by Crippen LogP contribution is -2.23. The maximum Gasteiger partial charge on any atom is 0.101 e. The van der Waals surface area contributed by atoms with Crippen LogP contribution in [0.25, 0.3) is 22.3 Å². The molecule has 6 aromatic rings.